The first kappa shape index (κ1) is 20.7. The van der Waals surface area contributed by atoms with Gasteiger partial charge in [0, 0.05) is 23.2 Å². The Hall–Kier alpha value is -2.37. The summed E-state index contributed by atoms with van der Waals surface area (Å²) < 4.78 is 5.41. The Morgan fingerprint density at radius 2 is 1.56 bits per heavy atom. The molecule has 0 radical (unpaired) electrons. The van der Waals surface area contributed by atoms with Crippen LogP contribution in [-0.4, -0.2) is 30.4 Å². The Kier molecular flexibility index (Phi) is 7.61. The van der Waals surface area contributed by atoms with Crippen LogP contribution in [0.25, 0.3) is 0 Å². The molecule has 5 nitrogen and oxygen atoms in total. The summed E-state index contributed by atoms with van der Waals surface area (Å²) in [6.45, 7) is 3.94. The summed E-state index contributed by atoms with van der Waals surface area (Å²) in [6, 6.07) is 15.8. The highest BCUT2D eigenvalue weighted by Gasteiger charge is 2.13. The van der Waals surface area contributed by atoms with Gasteiger partial charge >= 0.3 is 0 Å². The van der Waals surface area contributed by atoms with Crippen LogP contribution >= 0.6 is 12.4 Å². The average molecular weight is 363 g/mol. The number of amides is 1. The highest BCUT2D eigenvalue weighted by Crippen LogP contribution is 2.15. The Bertz CT molecular complexity index is 695. The molecule has 0 aliphatic rings. The molecule has 0 unspecified atom stereocenters. The minimum atomic E-state index is -0.463. The third-order valence-corrected chi connectivity index (χ3v) is 3.26. The molecule has 1 amide bonds. The maximum absolute atomic E-state index is 12.3. The lowest BCUT2D eigenvalue weighted by Crippen LogP contribution is -2.46. The van der Waals surface area contributed by atoms with Crippen molar-refractivity contribution in [1.29, 1.82) is 0 Å². The van der Waals surface area contributed by atoms with Crippen LogP contribution < -0.4 is 15.8 Å². The zero-order valence-corrected chi connectivity index (χ0v) is 15.1. The zero-order chi connectivity index (χ0) is 17.6. The molecule has 0 fully saturated rings. The summed E-state index contributed by atoms with van der Waals surface area (Å²) in [7, 11) is 0. The average Bonchev–Trinajstić information content (AvgIpc) is 2.58. The Balaban J connectivity index is 0.00000312. The van der Waals surface area contributed by atoms with Gasteiger partial charge in [-0.2, -0.15) is 0 Å². The molecule has 2 rings (SSSR count). The molecule has 0 saturated heterocycles. The molecule has 25 heavy (non-hydrogen) atoms. The monoisotopic (exact) mass is 362 g/mol. The largest absolute Gasteiger partial charge is 0.484 e. The number of nitrogens with two attached hydrogens (primary N) is 1. The fraction of sp³-hybridized carbons (Fsp3) is 0.263. The fourth-order valence-electron chi connectivity index (χ4n) is 1.99. The lowest BCUT2D eigenvalue weighted by molar-refractivity contribution is -0.123. The third kappa shape index (κ3) is 6.95. The number of ketones is 1. The van der Waals surface area contributed by atoms with Crippen LogP contribution in [0.4, 0.5) is 0 Å². The Morgan fingerprint density at radius 3 is 2.12 bits per heavy atom. The fourth-order valence-corrected chi connectivity index (χ4v) is 1.99. The first-order chi connectivity index (χ1) is 11.3. The minimum Gasteiger partial charge on any atom is -0.484 e. The summed E-state index contributed by atoms with van der Waals surface area (Å²) in [5.74, 6) is 0.241. The van der Waals surface area contributed by atoms with E-state index in [1.807, 2.05) is 32.0 Å². The van der Waals surface area contributed by atoms with Crippen molar-refractivity contribution in [2.45, 2.75) is 19.4 Å². The van der Waals surface area contributed by atoms with Crippen LogP contribution in [0.15, 0.2) is 54.6 Å². The normalized spacial score (nSPS) is 10.5. The van der Waals surface area contributed by atoms with Crippen LogP contribution in [0, 0.1) is 0 Å². The predicted octanol–water partition coefficient (Wildman–Crippen LogP) is 2.57. The zero-order valence-electron chi connectivity index (χ0n) is 14.3. The first-order valence-electron chi connectivity index (χ1n) is 7.73. The lowest BCUT2D eigenvalue weighted by Gasteiger charge is -2.18. The summed E-state index contributed by atoms with van der Waals surface area (Å²) in [5, 5.41) is 2.70. The molecule has 134 valence electrons. The number of nitrogens with one attached hydrogen (secondary N) is 1. The molecule has 0 spiro atoms. The molecule has 0 heterocycles. The van der Waals surface area contributed by atoms with Crippen molar-refractivity contribution in [1.82, 2.24) is 5.32 Å². The van der Waals surface area contributed by atoms with Crippen LogP contribution in [0.5, 0.6) is 5.75 Å². The van der Waals surface area contributed by atoms with E-state index in [9.17, 15) is 9.59 Å². The number of hydrogen-bond donors (Lipinski definition) is 2. The van der Waals surface area contributed by atoms with Gasteiger partial charge in [0.15, 0.2) is 12.4 Å². The lowest BCUT2D eigenvalue weighted by atomic mass is 10.0. The number of ether oxygens (including phenoxy) is 1. The van der Waals surface area contributed by atoms with Crippen molar-refractivity contribution in [2.24, 2.45) is 5.73 Å². The van der Waals surface area contributed by atoms with Crippen LogP contribution in [0.3, 0.4) is 0 Å². The molecule has 0 aromatic heterocycles. The van der Waals surface area contributed by atoms with Gasteiger partial charge in [0.1, 0.15) is 5.75 Å². The molecule has 0 bridgehead atoms. The number of carbonyl (C=O) groups is 2. The molecule has 2 aromatic carbocycles. The van der Waals surface area contributed by atoms with E-state index >= 15 is 0 Å². The summed E-state index contributed by atoms with van der Waals surface area (Å²) >= 11 is 0. The number of benzene rings is 2. The molecular formula is C19H23ClN2O3. The molecule has 0 saturated carbocycles. The summed E-state index contributed by atoms with van der Waals surface area (Å²) in [4.78, 5) is 24.0. The molecule has 3 N–H and O–H groups in total. The first-order valence-corrected chi connectivity index (χ1v) is 7.73. The molecular weight excluding hydrogens is 340 g/mol. The van der Waals surface area contributed by atoms with E-state index in [1.165, 1.54) is 0 Å². The molecule has 2 aromatic rings. The van der Waals surface area contributed by atoms with Gasteiger partial charge in [-0.25, -0.2) is 0 Å². The second-order valence-electron chi connectivity index (χ2n) is 6.27. The van der Waals surface area contributed by atoms with E-state index in [1.54, 1.807) is 36.4 Å². The van der Waals surface area contributed by atoms with E-state index in [0.29, 0.717) is 23.4 Å². The number of hydrogen-bond acceptors (Lipinski definition) is 4. The second kappa shape index (κ2) is 9.20. The van der Waals surface area contributed by atoms with Gasteiger partial charge in [0.05, 0.1) is 0 Å². The van der Waals surface area contributed by atoms with Crippen molar-refractivity contribution in [2.75, 3.05) is 13.2 Å². The van der Waals surface area contributed by atoms with Crippen LogP contribution in [0.1, 0.15) is 29.8 Å². The van der Waals surface area contributed by atoms with Gasteiger partial charge < -0.3 is 15.8 Å². The van der Waals surface area contributed by atoms with E-state index in [0.717, 1.165) is 0 Å². The van der Waals surface area contributed by atoms with Gasteiger partial charge in [-0.3, -0.25) is 9.59 Å². The van der Waals surface area contributed by atoms with Crippen LogP contribution in [0.2, 0.25) is 0 Å². The van der Waals surface area contributed by atoms with Gasteiger partial charge in [0.25, 0.3) is 5.91 Å². The Morgan fingerprint density at radius 1 is 1.00 bits per heavy atom. The second-order valence-corrected chi connectivity index (χ2v) is 6.27. The van der Waals surface area contributed by atoms with Crippen molar-refractivity contribution in [3.05, 3.63) is 65.7 Å². The standard InChI is InChI=1S/C19H22N2O3.ClH/c1-19(2,20)13-21-17(22)12-24-16-10-8-15(9-11-16)18(23)14-6-4-3-5-7-14;/h3-11H,12-13,20H2,1-2H3,(H,21,22);1H. The van der Waals surface area contributed by atoms with E-state index in [-0.39, 0.29) is 30.7 Å². The number of carbonyl (C=O) groups excluding carboxylic acids is 2. The number of rotatable bonds is 7. The van der Waals surface area contributed by atoms with Gasteiger partial charge in [-0.15, -0.1) is 12.4 Å². The summed E-state index contributed by atoms with van der Waals surface area (Å²) in [5.41, 5.74) is 6.54. The smallest absolute Gasteiger partial charge is 0.258 e. The molecule has 0 aliphatic carbocycles. The number of halogens is 1. The van der Waals surface area contributed by atoms with E-state index in [4.69, 9.17) is 10.5 Å². The predicted molar refractivity (Wildman–Crippen MR) is 100 cm³/mol. The van der Waals surface area contributed by atoms with Crippen molar-refractivity contribution in [3.63, 3.8) is 0 Å². The quantitative estimate of drug-likeness (QED) is 0.742. The highest BCUT2D eigenvalue weighted by atomic mass is 35.5. The van der Waals surface area contributed by atoms with Crippen molar-refractivity contribution in [3.8, 4) is 5.75 Å². The molecule has 0 atom stereocenters. The Labute approximate surface area is 154 Å². The molecule has 6 heteroatoms. The van der Waals surface area contributed by atoms with Crippen molar-refractivity contribution >= 4 is 24.1 Å². The topological polar surface area (TPSA) is 81.4 Å². The van der Waals surface area contributed by atoms with Gasteiger partial charge in [0.2, 0.25) is 0 Å². The van der Waals surface area contributed by atoms with Crippen LogP contribution in [-0.2, 0) is 4.79 Å². The van der Waals surface area contributed by atoms with Gasteiger partial charge in [-0.1, -0.05) is 30.3 Å². The summed E-state index contributed by atoms with van der Waals surface area (Å²) in [6.07, 6.45) is 0. The highest BCUT2D eigenvalue weighted by molar-refractivity contribution is 6.08. The third-order valence-electron chi connectivity index (χ3n) is 3.26. The van der Waals surface area contributed by atoms with Crippen molar-refractivity contribution < 1.29 is 14.3 Å². The molecule has 0 aliphatic heterocycles. The maximum Gasteiger partial charge on any atom is 0.258 e. The SMILES string of the molecule is CC(C)(N)CNC(=O)COc1ccc(C(=O)c2ccccc2)cc1.Cl. The van der Waals surface area contributed by atoms with E-state index < -0.39 is 5.54 Å². The maximum atomic E-state index is 12.3. The minimum absolute atomic E-state index is 0. The van der Waals surface area contributed by atoms with E-state index in [2.05, 4.69) is 5.32 Å². The van der Waals surface area contributed by atoms with Gasteiger partial charge in [-0.05, 0) is 38.1 Å².